The predicted octanol–water partition coefficient (Wildman–Crippen LogP) is 5.09. The lowest BCUT2D eigenvalue weighted by Crippen LogP contribution is -2.31. The van der Waals surface area contributed by atoms with Crippen LogP contribution >= 0.6 is 0 Å². The standard InChI is InChI=1S/C10H14O.C8H11NO.2CH4/c1-8(2)10(11)9-6-4-3-5-7-9;1-7(2)8-5-3-4-6-9(8)10;;/h3-8,10-11H,1-2H3;3-7H,1-2H3;2*1H4. The van der Waals surface area contributed by atoms with Gasteiger partial charge in [0, 0.05) is 18.1 Å². The predicted molar refractivity (Wildman–Crippen MR) is 99.2 cm³/mol. The van der Waals surface area contributed by atoms with Gasteiger partial charge < -0.3 is 10.3 Å². The molecule has 1 N–H and O–H groups in total. The van der Waals surface area contributed by atoms with Crippen LogP contribution in [0.1, 0.15) is 65.8 Å². The van der Waals surface area contributed by atoms with Crippen molar-refractivity contribution in [3.8, 4) is 0 Å². The fraction of sp³-hybridized carbons (Fsp3) is 0.450. The van der Waals surface area contributed by atoms with E-state index in [2.05, 4.69) is 0 Å². The molecule has 0 fully saturated rings. The average molecular weight is 319 g/mol. The van der Waals surface area contributed by atoms with Crippen molar-refractivity contribution in [2.24, 2.45) is 5.92 Å². The molecule has 0 spiro atoms. The zero-order valence-electron chi connectivity index (χ0n) is 13.2. The third kappa shape index (κ3) is 7.80. The summed E-state index contributed by atoms with van der Waals surface area (Å²) in [6, 6.07) is 15.2. The van der Waals surface area contributed by atoms with Crippen LogP contribution in [0.4, 0.5) is 0 Å². The number of aromatic nitrogens is 1. The maximum atomic E-state index is 11.0. The number of hydrogen-bond acceptors (Lipinski definition) is 2. The Bertz CT molecular complexity index is 524. The van der Waals surface area contributed by atoms with E-state index in [-0.39, 0.29) is 26.9 Å². The fourth-order valence-corrected chi connectivity index (χ4v) is 1.92. The Hall–Kier alpha value is -1.87. The molecule has 2 aromatic rings. The first-order valence-corrected chi connectivity index (χ1v) is 7.34. The number of rotatable bonds is 3. The monoisotopic (exact) mass is 319 g/mol. The molecule has 0 amide bonds. The lowest BCUT2D eigenvalue weighted by atomic mass is 10.00. The van der Waals surface area contributed by atoms with Gasteiger partial charge in [-0.3, -0.25) is 0 Å². The first-order chi connectivity index (χ1) is 9.93. The molecule has 0 aliphatic heterocycles. The van der Waals surface area contributed by atoms with Crippen molar-refractivity contribution in [2.75, 3.05) is 0 Å². The molecule has 0 bridgehead atoms. The van der Waals surface area contributed by atoms with E-state index in [1.807, 2.05) is 70.2 Å². The van der Waals surface area contributed by atoms with Crippen LogP contribution in [-0.2, 0) is 0 Å². The van der Waals surface area contributed by atoms with E-state index in [9.17, 15) is 10.3 Å². The highest BCUT2D eigenvalue weighted by atomic mass is 16.5. The molecule has 1 unspecified atom stereocenters. The van der Waals surface area contributed by atoms with Crippen LogP contribution in [0.25, 0.3) is 0 Å². The first kappa shape index (κ1) is 23.4. The van der Waals surface area contributed by atoms with Crippen LogP contribution in [0, 0.1) is 11.1 Å². The second kappa shape index (κ2) is 11.7. The molecule has 0 aliphatic rings. The lowest BCUT2D eigenvalue weighted by molar-refractivity contribution is -0.615. The molecule has 3 nitrogen and oxygen atoms in total. The Balaban J connectivity index is 0. The number of aliphatic hydroxyl groups excluding tert-OH is 1. The zero-order chi connectivity index (χ0) is 15.8. The molecule has 130 valence electrons. The van der Waals surface area contributed by atoms with Crippen LogP contribution in [0.15, 0.2) is 54.7 Å². The van der Waals surface area contributed by atoms with Gasteiger partial charge in [0.2, 0.25) is 0 Å². The largest absolute Gasteiger partial charge is 0.618 e. The Morgan fingerprint density at radius 3 is 1.78 bits per heavy atom. The number of pyridine rings is 1. The van der Waals surface area contributed by atoms with Gasteiger partial charge in [-0.2, -0.15) is 4.73 Å². The highest BCUT2D eigenvalue weighted by Crippen LogP contribution is 2.20. The minimum absolute atomic E-state index is 0. The summed E-state index contributed by atoms with van der Waals surface area (Å²) in [5, 5.41) is 20.6. The summed E-state index contributed by atoms with van der Waals surface area (Å²) in [7, 11) is 0. The van der Waals surface area contributed by atoms with Crippen molar-refractivity contribution >= 4 is 0 Å². The van der Waals surface area contributed by atoms with Crippen molar-refractivity contribution in [1.82, 2.24) is 0 Å². The highest BCUT2D eigenvalue weighted by molar-refractivity contribution is 5.17. The van der Waals surface area contributed by atoms with Crippen molar-refractivity contribution in [1.29, 1.82) is 0 Å². The lowest BCUT2D eigenvalue weighted by Gasteiger charge is -2.13. The van der Waals surface area contributed by atoms with E-state index in [0.29, 0.717) is 5.92 Å². The van der Waals surface area contributed by atoms with Crippen molar-refractivity contribution in [3.63, 3.8) is 0 Å². The zero-order valence-corrected chi connectivity index (χ0v) is 13.2. The van der Waals surface area contributed by atoms with E-state index in [4.69, 9.17) is 0 Å². The Morgan fingerprint density at radius 1 is 0.870 bits per heavy atom. The minimum atomic E-state index is -0.323. The van der Waals surface area contributed by atoms with Crippen LogP contribution in [0.5, 0.6) is 0 Å². The van der Waals surface area contributed by atoms with Gasteiger partial charge in [0.05, 0.1) is 6.10 Å². The third-order valence-corrected chi connectivity index (χ3v) is 3.22. The summed E-state index contributed by atoms with van der Waals surface area (Å²) in [5.41, 5.74) is 1.82. The molecule has 0 radical (unpaired) electrons. The van der Waals surface area contributed by atoms with E-state index in [0.717, 1.165) is 16.0 Å². The third-order valence-electron chi connectivity index (χ3n) is 3.22. The second-order valence-corrected chi connectivity index (χ2v) is 5.71. The molecule has 1 atom stereocenters. The second-order valence-electron chi connectivity index (χ2n) is 5.71. The van der Waals surface area contributed by atoms with Crippen LogP contribution in [-0.4, -0.2) is 5.11 Å². The molecule has 0 aliphatic carbocycles. The number of hydrogen-bond donors (Lipinski definition) is 1. The molecule has 0 saturated heterocycles. The molecule has 3 heteroatoms. The van der Waals surface area contributed by atoms with Crippen LogP contribution < -0.4 is 4.73 Å². The number of nitrogens with zero attached hydrogens (tertiary/aromatic N) is 1. The molecule has 2 rings (SSSR count). The minimum Gasteiger partial charge on any atom is -0.618 e. The van der Waals surface area contributed by atoms with E-state index in [1.165, 1.54) is 6.20 Å². The molecule has 1 aromatic carbocycles. The van der Waals surface area contributed by atoms with Gasteiger partial charge in [0.15, 0.2) is 11.9 Å². The van der Waals surface area contributed by atoms with Gasteiger partial charge in [0.25, 0.3) is 0 Å². The Labute approximate surface area is 142 Å². The van der Waals surface area contributed by atoms with Gasteiger partial charge in [-0.1, -0.05) is 78.9 Å². The quantitative estimate of drug-likeness (QED) is 0.632. The highest BCUT2D eigenvalue weighted by Gasteiger charge is 2.10. The van der Waals surface area contributed by atoms with Gasteiger partial charge >= 0.3 is 0 Å². The van der Waals surface area contributed by atoms with Crippen molar-refractivity contribution in [3.05, 3.63) is 71.2 Å². The van der Waals surface area contributed by atoms with Crippen molar-refractivity contribution < 1.29 is 9.84 Å². The van der Waals surface area contributed by atoms with Gasteiger partial charge in [-0.25, -0.2) is 0 Å². The summed E-state index contributed by atoms with van der Waals surface area (Å²) >= 11 is 0. The normalized spacial score (nSPS) is 10.9. The fourth-order valence-electron chi connectivity index (χ4n) is 1.92. The van der Waals surface area contributed by atoms with Gasteiger partial charge in [-0.05, 0) is 11.5 Å². The summed E-state index contributed by atoms with van der Waals surface area (Å²) in [6.45, 7) is 8.03. The summed E-state index contributed by atoms with van der Waals surface area (Å²) in [6.07, 6.45) is 1.20. The maximum absolute atomic E-state index is 11.0. The molecular weight excluding hydrogens is 286 g/mol. The van der Waals surface area contributed by atoms with E-state index < -0.39 is 0 Å². The molecule has 1 aromatic heterocycles. The molecule has 1 heterocycles. The topological polar surface area (TPSA) is 47.2 Å². The van der Waals surface area contributed by atoms with Gasteiger partial charge in [-0.15, -0.1) is 0 Å². The number of aliphatic hydroxyl groups is 1. The number of benzene rings is 1. The summed E-state index contributed by atoms with van der Waals surface area (Å²) < 4.78 is 0.907. The summed E-state index contributed by atoms with van der Waals surface area (Å²) in [4.78, 5) is 0. The molecule has 0 saturated carbocycles. The van der Waals surface area contributed by atoms with Crippen molar-refractivity contribution in [2.45, 2.75) is 54.6 Å². The Kier molecular flexibility index (Phi) is 11.9. The van der Waals surface area contributed by atoms with E-state index >= 15 is 0 Å². The van der Waals surface area contributed by atoms with E-state index in [1.54, 1.807) is 6.07 Å². The Morgan fingerprint density at radius 2 is 1.39 bits per heavy atom. The average Bonchev–Trinajstić information content (AvgIpc) is 2.48. The molecule has 23 heavy (non-hydrogen) atoms. The smallest absolute Gasteiger partial charge is 0.195 e. The SMILES string of the molecule is C.C.CC(C)C(O)c1ccccc1.CC(C)c1cccc[n+]1[O-]. The summed E-state index contributed by atoms with van der Waals surface area (Å²) in [5.74, 6) is 0.594. The van der Waals surface area contributed by atoms with Gasteiger partial charge in [0.1, 0.15) is 0 Å². The van der Waals surface area contributed by atoms with Crippen LogP contribution in [0.3, 0.4) is 0 Å². The maximum Gasteiger partial charge on any atom is 0.195 e. The molecular formula is C20H33NO2. The van der Waals surface area contributed by atoms with Crippen LogP contribution in [0.2, 0.25) is 0 Å². The first-order valence-electron chi connectivity index (χ1n) is 7.34.